The van der Waals surface area contributed by atoms with E-state index in [1.807, 2.05) is 25.9 Å². The molecule has 3 rings (SSSR count). The predicted molar refractivity (Wildman–Crippen MR) is 118 cm³/mol. The number of anilines is 1. The number of sulfonamides is 1. The van der Waals surface area contributed by atoms with E-state index in [0.717, 1.165) is 6.54 Å². The Morgan fingerprint density at radius 3 is 2.77 bits per heavy atom. The molecule has 10 heteroatoms. The van der Waals surface area contributed by atoms with Gasteiger partial charge >= 0.3 is 0 Å². The van der Waals surface area contributed by atoms with E-state index in [9.17, 15) is 18.0 Å². The lowest BCUT2D eigenvalue weighted by molar-refractivity contribution is -0.126. The monoisotopic (exact) mass is 452 g/mol. The first-order chi connectivity index (χ1) is 14.6. The summed E-state index contributed by atoms with van der Waals surface area (Å²) in [4.78, 5) is 26.7. The quantitative estimate of drug-likeness (QED) is 0.643. The van der Waals surface area contributed by atoms with Crippen molar-refractivity contribution in [2.24, 2.45) is 5.92 Å². The van der Waals surface area contributed by atoms with E-state index in [1.54, 1.807) is 13.0 Å². The Bertz CT molecular complexity index is 947. The molecule has 0 aliphatic carbocycles. The van der Waals surface area contributed by atoms with Gasteiger partial charge in [-0.15, -0.1) is 0 Å². The van der Waals surface area contributed by atoms with E-state index >= 15 is 0 Å². The number of carbonyl (C=O) groups excluding carboxylic acids is 2. The normalized spacial score (nSPS) is 21.9. The molecule has 172 valence electrons. The first-order valence-electron chi connectivity index (χ1n) is 10.7. The summed E-state index contributed by atoms with van der Waals surface area (Å²) in [6, 6.07) is 3.12. The molecule has 0 saturated carbocycles. The molecule has 0 bridgehead atoms. The molecule has 9 nitrogen and oxygen atoms in total. The number of piperidine rings is 1. The summed E-state index contributed by atoms with van der Waals surface area (Å²) in [6.07, 6.45) is 1.13. The van der Waals surface area contributed by atoms with E-state index in [2.05, 4.69) is 10.6 Å². The summed E-state index contributed by atoms with van der Waals surface area (Å²) in [6.45, 7) is 5.31. The minimum atomic E-state index is -3.81. The standard InChI is InChI=1S/C21H32N4O5S/c1-5-17-21(27)23-16-11-14(2)19(12-18(16)30-17)31(28,29)25-9-6-7-15(13-25)20(26)22-8-10-24(3)4/h11-12,15,17H,5-10,13H2,1-4H3,(H,22,26)(H,23,27)/t15-,17+/m1/s1. The van der Waals surface area contributed by atoms with Crippen molar-refractivity contribution < 1.29 is 22.7 Å². The second kappa shape index (κ2) is 9.54. The van der Waals surface area contributed by atoms with Crippen LogP contribution in [0.5, 0.6) is 5.75 Å². The molecule has 2 atom stereocenters. The molecule has 2 amide bonds. The van der Waals surface area contributed by atoms with Crippen LogP contribution >= 0.6 is 0 Å². The molecule has 0 unspecified atom stereocenters. The van der Waals surface area contributed by atoms with Gasteiger partial charge in [0.2, 0.25) is 15.9 Å². The number of aryl methyl sites for hydroxylation is 1. The van der Waals surface area contributed by atoms with Gasteiger partial charge < -0.3 is 20.3 Å². The summed E-state index contributed by atoms with van der Waals surface area (Å²) in [5.74, 6) is -0.362. The van der Waals surface area contributed by atoms with Crippen LogP contribution in [0.3, 0.4) is 0 Å². The lowest BCUT2D eigenvalue weighted by atomic mass is 9.99. The predicted octanol–water partition coefficient (Wildman–Crippen LogP) is 1.18. The highest BCUT2D eigenvalue weighted by atomic mass is 32.2. The van der Waals surface area contributed by atoms with Crippen molar-refractivity contribution in [3.05, 3.63) is 17.7 Å². The number of likely N-dealkylation sites (N-methyl/N-ethyl adjacent to an activating group) is 1. The number of carbonyl (C=O) groups is 2. The van der Waals surface area contributed by atoms with Crippen molar-refractivity contribution >= 4 is 27.5 Å². The van der Waals surface area contributed by atoms with Crippen LogP contribution in [0.2, 0.25) is 0 Å². The summed E-state index contributed by atoms with van der Waals surface area (Å²) in [5.41, 5.74) is 0.998. The third kappa shape index (κ3) is 5.19. The number of nitrogens with one attached hydrogen (secondary N) is 2. The molecule has 2 aliphatic heterocycles. The van der Waals surface area contributed by atoms with Crippen molar-refractivity contribution in [2.75, 3.05) is 45.6 Å². The Kier molecular flexibility index (Phi) is 7.23. The van der Waals surface area contributed by atoms with Crippen LogP contribution in [0.4, 0.5) is 5.69 Å². The zero-order chi connectivity index (χ0) is 22.8. The fraction of sp³-hybridized carbons (Fsp3) is 0.619. The molecule has 2 heterocycles. The van der Waals surface area contributed by atoms with Crippen LogP contribution in [0.15, 0.2) is 17.0 Å². The third-order valence-corrected chi connectivity index (χ3v) is 7.71. The van der Waals surface area contributed by atoms with Crippen LogP contribution in [0, 0.1) is 12.8 Å². The Morgan fingerprint density at radius 2 is 2.10 bits per heavy atom. The second-order valence-corrected chi connectivity index (χ2v) is 10.3. The molecule has 1 saturated heterocycles. The topological polar surface area (TPSA) is 108 Å². The second-order valence-electron chi connectivity index (χ2n) is 8.41. The number of amides is 2. The molecule has 31 heavy (non-hydrogen) atoms. The number of hydrogen-bond donors (Lipinski definition) is 2. The van der Waals surface area contributed by atoms with Gasteiger partial charge in [0.05, 0.1) is 16.5 Å². The number of ether oxygens (including phenoxy) is 1. The Morgan fingerprint density at radius 1 is 1.35 bits per heavy atom. The van der Waals surface area contributed by atoms with Gasteiger partial charge in [-0.25, -0.2) is 8.42 Å². The van der Waals surface area contributed by atoms with Crippen molar-refractivity contribution in [1.82, 2.24) is 14.5 Å². The number of rotatable bonds is 7. The van der Waals surface area contributed by atoms with Gasteiger partial charge in [-0.05, 0) is 51.9 Å². The lowest BCUT2D eigenvalue weighted by Gasteiger charge is -2.32. The maximum atomic E-state index is 13.4. The van der Waals surface area contributed by atoms with Gasteiger partial charge in [0.25, 0.3) is 5.91 Å². The molecule has 1 aromatic rings. The summed E-state index contributed by atoms with van der Waals surface area (Å²) in [5, 5.41) is 5.68. The molecule has 1 fully saturated rings. The Hall–Kier alpha value is -2.17. The Labute approximate surface area is 184 Å². The SMILES string of the molecule is CC[C@@H]1Oc2cc(S(=O)(=O)N3CCC[C@@H](C(=O)NCCN(C)C)C3)c(C)cc2NC1=O. The largest absolute Gasteiger partial charge is 0.478 e. The van der Waals surface area contributed by atoms with E-state index in [0.29, 0.717) is 49.4 Å². The maximum absolute atomic E-state index is 13.4. The molecular weight excluding hydrogens is 420 g/mol. The third-order valence-electron chi connectivity index (χ3n) is 5.70. The van der Waals surface area contributed by atoms with Gasteiger partial charge in [0.15, 0.2) is 6.10 Å². The summed E-state index contributed by atoms with van der Waals surface area (Å²) < 4.78 is 34.0. The highest BCUT2D eigenvalue weighted by Crippen LogP contribution is 2.36. The van der Waals surface area contributed by atoms with E-state index < -0.39 is 16.1 Å². The smallest absolute Gasteiger partial charge is 0.265 e. The van der Waals surface area contributed by atoms with Crippen LogP contribution in [-0.2, 0) is 19.6 Å². The maximum Gasteiger partial charge on any atom is 0.265 e. The van der Waals surface area contributed by atoms with Crippen LogP contribution in [0.1, 0.15) is 31.7 Å². The van der Waals surface area contributed by atoms with E-state index in [-0.39, 0.29) is 29.2 Å². The molecular formula is C21H32N4O5S. The molecule has 2 N–H and O–H groups in total. The van der Waals surface area contributed by atoms with Gasteiger partial charge in [-0.3, -0.25) is 9.59 Å². The van der Waals surface area contributed by atoms with Crippen LogP contribution < -0.4 is 15.4 Å². The average Bonchev–Trinajstić information content (AvgIpc) is 2.72. The van der Waals surface area contributed by atoms with Gasteiger partial charge in [0, 0.05) is 32.2 Å². The zero-order valence-corrected chi connectivity index (χ0v) is 19.4. The molecule has 1 aromatic carbocycles. The van der Waals surface area contributed by atoms with Crippen molar-refractivity contribution in [3.8, 4) is 5.75 Å². The van der Waals surface area contributed by atoms with Crippen molar-refractivity contribution in [1.29, 1.82) is 0 Å². The van der Waals surface area contributed by atoms with Crippen LogP contribution in [0.25, 0.3) is 0 Å². The minimum absolute atomic E-state index is 0.110. The van der Waals surface area contributed by atoms with E-state index in [1.165, 1.54) is 10.4 Å². The van der Waals surface area contributed by atoms with E-state index in [4.69, 9.17) is 4.74 Å². The van der Waals surface area contributed by atoms with Gasteiger partial charge in [-0.1, -0.05) is 6.92 Å². The first kappa shape index (κ1) is 23.5. The average molecular weight is 453 g/mol. The molecule has 0 spiro atoms. The number of nitrogens with zero attached hydrogens (tertiary/aromatic N) is 2. The van der Waals surface area contributed by atoms with Crippen molar-refractivity contribution in [3.63, 3.8) is 0 Å². The van der Waals surface area contributed by atoms with Crippen molar-refractivity contribution in [2.45, 2.75) is 44.1 Å². The summed E-state index contributed by atoms with van der Waals surface area (Å²) >= 11 is 0. The highest BCUT2D eigenvalue weighted by Gasteiger charge is 2.35. The fourth-order valence-electron chi connectivity index (χ4n) is 3.89. The van der Waals surface area contributed by atoms with Crippen LogP contribution in [-0.4, -0.2) is 75.8 Å². The van der Waals surface area contributed by atoms with Gasteiger partial charge in [-0.2, -0.15) is 4.31 Å². The zero-order valence-electron chi connectivity index (χ0n) is 18.6. The fourth-order valence-corrected chi connectivity index (χ4v) is 5.64. The summed E-state index contributed by atoms with van der Waals surface area (Å²) in [7, 11) is 0.0489. The minimum Gasteiger partial charge on any atom is -0.478 e. The Balaban J connectivity index is 1.78. The number of benzene rings is 1. The van der Waals surface area contributed by atoms with Gasteiger partial charge in [0.1, 0.15) is 5.75 Å². The number of fused-ring (bicyclic) bond motifs is 1. The molecule has 0 radical (unpaired) electrons. The highest BCUT2D eigenvalue weighted by molar-refractivity contribution is 7.89. The number of hydrogen-bond acceptors (Lipinski definition) is 6. The molecule has 2 aliphatic rings. The first-order valence-corrected chi connectivity index (χ1v) is 12.1. The lowest BCUT2D eigenvalue weighted by Crippen LogP contribution is -2.46. The molecule has 0 aromatic heterocycles.